The molecule has 3 saturated carbocycles. The number of aliphatic hydroxyl groups is 1. The van der Waals surface area contributed by atoms with Gasteiger partial charge < -0.3 is 19.3 Å². The molecule has 8 atom stereocenters. The fraction of sp³-hybridized carbons (Fsp3) is 0.895. The molecule has 0 aromatic heterocycles. The summed E-state index contributed by atoms with van der Waals surface area (Å²) in [5.41, 5.74) is 0. The van der Waals surface area contributed by atoms with Crippen molar-refractivity contribution in [2.24, 2.45) is 29.6 Å². The number of aliphatic hydroxyl groups excluding tert-OH is 1. The Morgan fingerprint density at radius 1 is 1.00 bits per heavy atom. The normalized spacial score (nSPS) is 37.0. The van der Waals surface area contributed by atoms with E-state index in [9.17, 15) is 45.1 Å². The molecule has 1 aliphatic heterocycles. The minimum Gasteiger partial charge on any atom is -0.459 e. The lowest BCUT2D eigenvalue weighted by atomic mass is 9.78. The van der Waals surface area contributed by atoms with E-state index < -0.39 is 87.7 Å². The Balaban J connectivity index is 1.56. The van der Waals surface area contributed by atoms with E-state index in [1.165, 1.54) is 0 Å². The predicted octanol–water partition coefficient (Wildman–Crippen LogP) is 2.03. The maximum absolute atomic E-state index is 13.9. The van der Waals surface area contributed by atoms with Crippen LogP contribution in [0.25, 0.3) is 0 Å². The van der Waals surface area contributed by atoms with Crippen molar-refractivity contribution in [1.29, 1.82) is 0 Å². The summed E-state index contributed by atoms with van der Waals surface area (Å²) in [4.78, 5) is 25.3. The molecule has 3 aliphatic carbocycles. The van der Waals surface area contributed by atoms with E-state index in [2.05, 4.69) is 4.74 Å². The number of rotatable bonds is 6. The Morgan fingerprint density at radius 3 is 2.18 bits per heavy atom. The maximum atomic E-state index is 13.9. The van der Waals surface area contributed by atoms with Gasteiger partial charge in [0.2, 0.25) is 0 Å². The standard InChI is InChI=1S/C19H23F5O9S/c20-18(21,22)17(19(23,24)34(28,29)30)33-16(27)11-9-6-8-10(11)15(26)32-13(8)12(9)31-14(25)7-4-2-1-3-5-7/h7-13,15,17,26H,1-6H2,(H,28,29,30). The number of hydrogen-bond acceptors (Lipinski definition) is 8. The highest BCUT2D eigenvalue weighted by Crippen LogP contribution is 2.60. The number of carbonyl (C=O) groups excluding carboxylic acids is 2. The van der Waals surface area contributed by atoms with Gasteiger partial charge in [-0.25, -0.2) is 0 Å². The Bertz CT molecular complexity index is 933. The summed E-state index contributed by atoms with van der Waals surface area (Å²) in [6, 6.07) is 0. The van der Waals surface area contributed by atoms with Crippen LogP contribution in [-0.2, 0) is 33.9 Å². The molecule has 0 aromatic rings. The summed E-state index contributed by atoms with van der Waals surface area (Å²) in [7, 11) is -6.60. The lowest BCUT2D eigenvalue weighted by Crippen LogP contribution is -2.54. The number of esters is 2. The lowest BCUT2D eigenvalue weighted by Gasteiger charge is -2.34. The molecular weight excluding hydrogens is 499 g/mol. The summed E-state index contributed by atoms with van der Waals surface area (Å²) in [6.07, 6.45) is -10.3. The van der Waals surface area contributed by atoms with E-state index in [0.717, 1.165) is 19.3 Å². The predicted molar refractivity (Wildman–Crippen MR) is 98.3 cm³/mol. The zero-order valence-electron chi connectivity index (χ0n) is 17.5. The molecule has 2 N–H and O–H groups in total. The Hall–Kier alpha value is -1.58. The number of fused-ring (bicyclic) bond motifs is 1. The molecule has 0 radical (unpaired) electrons. The average molecular weight is 522 g/mol. The summed E-state index contributed by atoms with van der Waals surface area (Å²) in [5.74, 6) is -7.14. The van der Waals surface area contributed by atoms with Crippen molar-refractivity contribution in [1.82, 2.24) is 0 Å². The van der Waals surface area contributed by atoms with Gasteiger partial charge in [0, 0.05) is 11.8 Å². The van der Waals surface area contributed by atoms with Crippen molar-refractivity contribution < 1.29 is 63.8 Å². The highest BCUT2D eigenvalue weighted by molar-refractivity contribution is 7.86. The van der Waals surface area contributed by atoms with Crippen LogP contribution in [0.15, 0.2) is 0 Å². The summed E-state index contributed by atoms with van der Waals surface area (Å²) in [5, 5.41) is 4.35. The minimum atomic E-state index is -6.60. The van der Waals surface area contributed by atoms with Gasteiger partial charge in [0.15, 0.2) is 6.29 Å². The first-order valence-electron chi connectivity index (χ1n) is 10.8. The third kappa shape index (κ3) is 4.17. The first-order chi connectivity index (χ1) is 15.6. The molecule has 4 fully saturated rings. The van der Waals surface area contributed by atoms with Crippen LogP contribution in [0.3, 0.4) is 0 Å². The van der Waals surface area contributed by atoms with E-state index in [-0.39, 0.29) is 6.42 Å². The second kappa shape index (κ2) is 8.52. The van der Waals surface area contributed by atoms with Crippen LogP contribution in [0.1, 0.15) is 38.5 Å². The molecule has 194 valence electrons. The van der Waals surface area contributed by atoms with Gasteiger partial charge in [0.05, 0.1) is 11.8 Å². The molecular formula is C19H23F5O9S. The fourth-order valence-electron chi connectivity index (χ4n) is 5.88. The van der Waals surface area contributed by atoms with Gasteiger partial charge in [-0.2, -0.15) is 30.4 Å². The second-order valence-corrected chi connectivity index (χ2v) is 10.8. The zero-order valence-corrected chi connectivity index (χ0v) is 18.3. The van der Waals surface area contributed by atoms with Gasteiger partial charge in [-0.1, -0.05) is 19.3 Å². The minimum absolute atomic E-state index is 0.0974. The monoisotopic (exact) mass is 522 g/mol. The fourth-order valence-corrected chi connectivity index (χ4v) is 6.33. The maximum Gasteiger partial charge on any atom is 0.432 e. The van der Waals surface area contributed by atoms with Crippen LogP contribution >= 0.6 is 0 Å². The molecule has 4 aliphatic rings. The smallest absolute Gasteiger partial charge is 0.432 e. The van der Waals surface area contributed by atoms with Crippen LogP contribution in [-0.4, -0.2) is 66.0 Å². The number of alkyl halides is 5. The number of halogens is 5. The summed E-state index contributed by atoms with van der Waals surface area (Å²) in [6.45, 7) is 0. The molecule has 0 spiro atoms. The largest absolute Gasteiger partial charge is 0.459 e. The topological polar surface area (TPSA) is 136 Å². The third-order valence-corrected chi connectivity index (χ3v) is 8.25. The van der Waals surface area contributed by atoms with Crippen molar-refractivity contribution in [3.8, 4) is 0 Å². The van der Waals surface area contributed by atoms with Crippen molar-refractivity contribution in [2.75, 3.05) is 0 Å². The van der Waals surface area contributed by atoms with Gasteiger partial charge in [-0.05, 0) is 25.2 Å². The van der Waals surface area contributed by atoms with E-state index >= 15 is 0 Å². The van der Waals surface area contributed by atoms with E-state index in [4.69, 9.17) is 14.0 Å². The number of carbonyl (C=O) groups is 2. The van der Waals surface area contributed by atoms with Crippen molar-refractivity contribution in [2.45, 2.75) is 74.6 Å². The van der Waals surface area contributed by atoms with Gasteiger partial charge in [-0.15, -0.1) is 0 Å². The molecule has 34 heavy (non-hydrogen) atoms. The highest BCUT2D eigenvalue weighted by Gasteiger charge is 2.71. The van der Waals surface area contributed by atoms with Crippen molar-refractivity contribution in [3.63, 3.8) is 0 Å². The Labute approximate surface area is 190 Å². The molecule has 4 rings (SSSR count). The molecule has 0 amide bonds. The van der Waals surface area contributed by atoms with Gasteiger partial charge in [-0.3, -0.25) is 14.1 Å². The van der Waals surface area contributed by atoms with E-state index in [1.54, 1.807) is 0 Å². The number of hydrogen-bond donors (Lipinski definition) is 2. The first-order valence-corrected chi connectivity index (χ1v) is 12.2. The van der Waals surface area contributed by atoms with Crippen LogP contribution in [0.4, 0.5) is 22.0 Å². The summed E-state index contributed by atoms with van der Waals surface area (Å²) < 4.78 is 113. The molecule has 1 heterocycles. The van der Waals surface area contributed by atoms with Gasteiger partial charge in [0.1, 0.15) is 12.2 Å². The van der Waals surface area contributed by atoms with Crippen LogP contribution in [0.2, 0.25) is 0 Å². The summed E-state index contributed by atoms with van der Waals surface area (Å²) >= 11 is 0. The van der Waals surface area contributed by atoms with E-state index in [1.807, 2.05) is 0 Å². The van der Waals surface area contributed by atoms with Crippen LogP contribution in [0.5, 0.6) is 0 Å². The van der Waals surface area contributed by atoms with Crippen LogP contribution < -0.4 is 0 Å². The molecule has 2 bridgehead atoms. The van der Waals surface area contributed by atoms with Crippen molar-refractivity contribution in [3.05, 3.63) is 0 Å². The van der Waals surface area contributed by atoms with Gasteiger partial charge >= 0.3 is 33.5 Å². The Morgan fingerprint density at radius 2 is 1.62 bits per heavy atom. The molecule has 1 saturated heterocycles. The van der Waals surface area contributed by atoms with Gasteiger partial charge in [0.25, 0.3) is 6.10 Å². The van der Waals surface area contributed by atoms with Crippen molar-refractivity contribution >= 4 is 22.1 Å². The SMILES string of the molecule is O=C(OC1C2CC3C1OC(O)C3C2C(=O)OC(C(F)(F)F)C(F)(F)S(=O)(=O)O)C1CCCCC1. The van der Waals surface area contributed by atoms with E-state index in [0.29, 0.717) is 12.8 Å². The third-order valence-electron chi connectivity index (χ3n) is 7.35. The van der Waals surface area contributed by atoms with Crippen LogP contribution in [0, 0.1) is 29.6 Å². The quantitative estimate of drug-likeness (QED) is 0.305. The molecule has 15 heteroatoms. The first kappa shape index (κ1) is 25.5. The second-order valence-electron chi connectivity index (χ2n) is 9.29. The highest BCUT2D eigenvalue weighted by atomic mass is 32.2. The molecule has 9 nitrogen and oxygen atoms in total. The lowest BCUT2D eigenvalue weighted by molar-refractivity contribution is -0.262. The molecule has 8 unspecified atom stereocenters. The molecule has 0 aromatic carbocycles. The zero-order chi connectivity index (χ0) is 25.2. The number of ether oxygens (including phenoxy) is 3. The average Bonchev–Trinajstić information content (AvgIpc) is 3.34. The Kier molecular flexibility index (Phi) is 6.39.